The molecule has 1 atom stereocenters. The second kappa shape index (κ2) is 7.70. The zero-order valence-electron chi connectivity index (χ0n) is 16.3. The number of imide groups is 1. The van der Waals surface area contributed by atoms with Crippen molar-refractivity contribution >= 4 is 29.4 Å². The Morgan fingerprint density at radius 1 is 0.967 bits per heavy atom. The smallest absolute Gasteiger partial charge is 0.338 e. The molecular formula is C22H19FN2O5. The van der Waals surface area contributed by atoms with Crippen molar-refractivity contribution in [3.05, 3.63) is 65.0 Å². The molecule has 0 bridgehead atoms. The fraction of sp³-hybridized carbons (Fsp3) is 0.273. The van der Waals surface area contributed by atoms with E-state index >= 15 is 0 Å². The van der Waals surface area contributed by atoms with E-state index in [0.29, 0.717) is 13.1 Å². The predicted molar refractivity (Wildman–Crippen MR) is 105 cm³/mol. The van der Waals surface area contributed by atoms with Gasteiger partial charge in [0, 0.05) is 13.1 Å². The molecule has 0 unspecified atom stereocenters. The molecule has 4 rings (SSSR count). The molecule has 1 fully saturated rings. The van der Waals surface area contributed by atoms with Crippen LogP contribution in [0.25, 0.3) is 0 Å². The van der Waals surface area contributed by atoms with E-state index in [0.717, 1.165) is 29.9 Å². The molecule has 30 heavy (non-hydrogen) atoms. The predicted octanol–water partition coefficient (Wildman–Crippen LogP) is 2.79. The lowest BCUT2D eigenvalue weighted by Crippen LogP contribution is -2.38. The number of rotatable bonds is 4. The van der Waals surface area contributed by atoms with Gasteiger partial charge in [0.25, 0.3) is 17.7 Å². The lowest BCUT2D eigenvalue weighted by Gasteiger charge is -2.20. The molecule has 0 radical (unpaired) electrons. The molecule has 0 spiro atoms. The number of likely N-dealkylation sites (tertiary alicyclic amines) is 1. The number of fused-ring (bicyclic) bond motifs is 1. The van der Waals surface area contributed by atoms with Crippen molar-refractivity contribution in [3.63, 3.8) is 0 Å². The molecule has 0 aromatic heterocycles. The standard InChI is InChI=1S/C22H19FN2O5/c1-13(19(26)24-10-2-3-11-24)30-22(29)14-4-9-17-18(12-14)21(28)25(20(17)27)16-7-5-15(23)6-8-16/h4-9,12-13H,2-3,10-11H2,1H3/t13-/m0/s1. The van der Waals surface area contributed by atoms with Crippen LogP contribution in [0.15, 0.2) is 42.5 Å². The Labute approximate surface area is 172 Å². The normalized spacial score (nSPS) is 16.6. The average Bonchev–Trinajstić information content (AvgIpc) is 3.36. The highest BCUT2D eigenvalue weighted by atomic mass is 19.1. The summed E-state index contributed by atoms with van der Waals surface area (Å²) in [6.45, 7) is 2.81. The van der Waals surface area contributed by atoms with E-state index in [1.807, 2.05) is 0 Å². The zero-order chi connectivity index (χ0) is 21.4. The summed E-state index contributed by atoms with van der Waals surface area (Å²) in [5.74, 6) is -2.66. The summed E-state index contributed by atoms with van der Waals surface area (Å²) in [5.41, 5.74) is 0.493. The molecule has 7 nitrogen and oxygen atoms in total. The number of nitrogens with zero attached hydrogens (tertiary/aromatic N) is 2. The van der Waals surface area contributed by atoms with Gasteiger partial charge in [-0.1, -0.05) is 0 Å². The van der Waals surface area contributed by atoms with Gasteiger partial charge in [0.1, 0.15) is 5.82 Å². The molecular weight excluding hydrogens is 391 g/mol. The minimum atomic E-state index is -0.947. The van der Waals surface area contributed by atoms with E-state index in [-0.39, 0.29) is 28.3 Å². The summed E-state index contributed by atoms with van der Waals surface area (Å²) in [6, 6.07) is 9.02. The van der Waals surface area contributed by atoms with Gasteiger partial charge in [0.2, 0.25) is 0 Å². The molecule has 2 aliphatic rings. The van der Waals surface area contributed by atoms with Crippen LogP contribution in [0.4, 0.5) is 10.1 Å². The Bertz CT molecular complexity index is 1040. The summed E-state index contributed by atoms with van der Waals surface area (Å²) in [5, 5.41) is 0. The third-order valence-corrected chi connectivity index (χ3v) is 5.26. The van der Waals surface area contributed by atoms with E-state index in [9.17, 15) is 23.6 Å². The average molecular weight is 410 g/mol. The van der Waals surface area contributed by atoms with E-state index in [1.165, 1.54) is 37.3 Å². The second-order valence-corrected chi connectivity index (χ2v) is 7.26. The van der Waals surface area contributed by atoms with Gasteiger partial charge in [0.05, 0.1) is 22.4 Å². The van der Waals surface area contributed by atoms with E-state index < -0.39 is 29.7 Å². The van der Waals surface area contributed by atoms with Crippen LogP contribution in [0.2, 0.25) is 0 Å². The first kappa shape index (κ1) is 19.8. The maximum absolute atomic E-state index is 13.2. The third kappa shape index (κ3) is 3.45. The van der Waals surface area contributed by atoms with Crippen LogP contribution >= 0.6 is 0 Å². The number of ether oxygens (including phenoxy) is 1. The van der Waals surface area contributed by atoms with Crippen LogP contribution < -0.4 is 4.90 Å². The number of anilines is 1. The number of hydrogen-bond donors (Lipinski definition) is 0. The van der Waals surface area contributed by atoms with Gasteiger partial charge in [-0.25, -0.2) is 14.1 Å². The van der Waals surface area contributed by atoms with Crippen LogP contribution in [0, 0.1) is 5.82 Å². The SMILES string of the molecule is C[C@H](OC(=O)c1ccc2c(c1)C(=O)N(c1ccc(F)cc1)C2=O)C(=O)N1CCCC1. The van der Waals surface area contributed by atoms with Gasteiger partial charge >= 0.3 is 5.97 Å². The Morgan fingerprint density at radius 3 is 2.27 bits per heavy atom. The summed E-state index contributed by atoms with van der Waals surface area (Å²) in [6.07, 6.45) is 0.910. The van der Waals surface area contributed by atoms with Crippen LogP contribution in [-0.2, 0) is 9.53 Å². The first-order valence-electron chi connectivity index (χ1n) is 9.65. The van der Waals surface area contributed by atoms with Crippen molar-refractivity contribution < 1.29 is 28.3 Å². The maximum atomic E-state index is 13.2. The highest BCUT2D eigenvalue weighted by Crippen LogP contribution is 2.29. The Kier molecular flexibility index (Phi) is 5.07. The second-order valence-electron chi connectivity index (χ2n) is 7.26. The van der Waals surface area contributed by atoms with Gasteiger partial charge < -0.3 is 9.64 Å². The lowest BCUT2D eigenvalue weighted by atomic mass is 10.1. The number of carbonyl (C=O) groups is 4. The van der Waals surface area contributed by atoms with Gasteiger partial charge in [-0.3, -0.25) is 14.4 Å². The first-order valence-corrected chi connectivity index (χ1v) is 9.65. The number of hydrogen-bond acceptors (Lipinski definition) is 5. The molecule has 3 amide bonds. The molecule has 1 saturated heterocycles. The van der Waals surface area contributed by atoms with Crippen molar-refractivity contribution in [2.24, 2.45) is 0 Å². The molecule has 0 N–H and O–H groups in total. The molecule has 2 aromatic rings. The number of esters is 1. The monoisotopic (exact) mass is 410 g/mol. The minimum absolute atomic E-state index is 0.0531. The van der Waals surface area contributed by atoms with Crippen molar-refractivity contribution in [1.29, 1.82) is 0 Å². The van der Waals surface area contributed by atoms with Crippen LogP contribution in [0.3, 0.4) is 0 Å². The van der Waals surface area contributed by atoms with Crippen molar-refractivity contribution in [1.82, 2.24) is 4.90 Å². The molecule has 0 aliphatic carbocycles. The molecule has 2 aliphatic heterocycles. The Balaban J connectivity index is 1.53. The maximum Gasteiger partial charge on any atom is 0.338 e. The van der Waals surface area contributed by atoms with Crippen molar-refractivity contribution in [3.8, 4) is 0 Å². The lowest BCUT2D eigenvalue weighted by molar-refractivity contribution is -0.138. The van der Waals surface area contributed by atoms with Gasteiger partial charge in [-0.05, 0) is 62.2 Å². The number of benzene rings is 2. The minimum Gasteiger partial charge on any atom is -0.449 e. The fourth-order valence-electron chi connectivity index (χ4n) is 3.67. The number of halogens is 1. The van der Waals surface area contributed by atoms with Crippen LogP contribution in [0.1, 0.15) is 50.8 Å². The highest BCUT2D eigenvalue weighted by Gasteiger charge is 2.37. The van der Waals surface area contributed by atoms with Gasteiger partial charge in [0.15, 0.2) is 6.10 Å². The molecule has 8 heteroatoms. The topological polar surface area (TPSA) is 84.0 Å². The first-order chi connectivity index (χ1) is 14.4. The molecule has 154 valence electrons. The largest absolute Gasteiger partial charge is 0.449 e. The van der Waals surface area contributed by atoms with Gasteiger partial charge in [-0.2, -0.15) is 0 Å². The summed E-state index contributed by atoms with van der Waals surface area (Å²) in [7, 11) is 0. The summed E-state index contributed by atoms with van der Waals surface area (Å²) >= 11 is 0. The summed E-state index contributed by atoms with van der Waals surface area (Å²) in [4.78, 5) is 52.8. The zero-order valence-corrected chi connectivity index (χ0v) is 16.3. The third-order valence-electron chi connectivity index (χ3n) is 5.26. The van der Waals surface area contributed by atoms with Crippen LogP contribution in [-0.4, -0.2) is 47.8 Å². The highest BCUT2D eigenvalue weighted by molar-refractivity contribution is 6.34. The van der Waals surface area contributed by atoms with E-state index in [2.05, 4.69) is 0 Å². The molecule has 2 heterocycles. The summed E-state index contributed by atoms with van der Waals surface area (Å²) < 4.78 is 18.4. The van der Waals surface area contributed by atoms with Gasteiger partial charge in [-0.15, -0.1) is 0 Å². The Morgan fingerprint density at radius 2 is 1.60 bits per heavy atom. The van der Waals surface area contributed by atoms with Crippen LogP contribution in [0.5, 0.6) is 0 Å². The Hall–Kier alpha value is -3.55. The number of carbonyl (C=O) groups excluding carboxylic acids is 4. The van der Waals surface area contributed by atoms with E-state index in [1.54, 1.807) is 4.90 Å². The quantitative estimate of drug-likeness (QED) is 0.572. The molecule has 2 aromatic carbocycles. The van der Waals surface area contributed by atoms with Crippen molar-refractivity contribution in [2.75, 3.05) is 18.0 Å². The molecule has 0 saturated carbocycles. The number of amides is 3. The van der Waals surface area contributed by atoms with E-state index in [4.69, 9.17) is 4.74 Å². The van der Waals surface area contributed by atoms with Crippen molar-refractivity contribution in [2.45, 2.75) is 25.9 Å². The fourth-order valence-corrected chi connectivity index (χ4v) is 3.67.